The molecule has 2 rings (SSSR count). The second kappa shape index (κ2) is 7.94. The predicted octanol–water partition coefficient (Wildman–Crippen LogP) is 3.09. The second-order valence-electron chi connectivity index (χ2n) is 7.50. The quantitative estimate of drug-likeness (QED) is 0.809. The molecule has 3 heteroatoms. The standard InChI is InChI=1S/C18H37N3/c1-4-16-8-6-10-18(15-19,11-9-16)21-13-7-12-20(3)14-17(21)5-2/h16-17H,4-15,19H2,1-3H3. The number of hydrogen-bond donors (Lipinski definition) is 1. The Hall–Kier alpha value is -0.120. The van der Waals surface area contributed by atoms with Crippen molar-refractivity contribution in [1.82, 2.24) is 9.80 Å². The minimum Gasteiger partial charge on any atom is -0.329 e. The van der Waals surface area contributed by atoms with Crippen molar-refractivity contribution in [3.05, 3.63) is 0 Å². The van der Waals surface area contributed by atoms with Gasteiger partial charge in [-0.25, -0.2) is 0 Å². The highest BCUT2D eigenvalue weighted by Crippen LogP contribution is 2.37. The average molecular weight is 296 g/mol. The topological polar surface area (TPSA) is 32.5 Å². The first-order chi connectivity index (χ1) is 10.1. The summed E-state index contributed by atoms with van der Waals surface area (Å²) in [5.41, 5.74) is 6.66. The van der Waals surface area contributed by atoms with Crippen molar-refractivity contribution in [2.75, 3.05) is 33.2 Å². The Kier molecular flexibility index (Phi) is 6.51. The molecule has 0 aromatic heterocycles. The molecule has 1 saturated heterocycles. The van der Waals surface area contributed by atoms with E-state index in [2.05, 4.69) is 30.7 Å². The fourth-order valence-corrected chi connectivity index (χ4v) is 4.70. The normalized spacial score (nSPS) is 37.1. The van der Waals surface area contributed by atoms with E-state index in [1.54, 1.807) is 0 Å². The summed E-state index contributed by atoms with van der Waals surface area (Å²) in [7, 11) is 2.28. The van der Waals surface area contributed by atoms with Crippen LogP contribution in [-0.2, 0) is 0 Å². The minimum absolute atomic E-state index is 0.287. The maximum absolute atomic E-state index is 6.37. The number of rotatable bonds is 4. The third-order valence-corrected chi connectivity index (χ3v) is 6.21. The second-order valence-corrected chi connectivity index (χ2v) is 7.50. The molecule has 1 heterocycles. The van der Waals surface area contributed by atoms with E-state index in [0.717, 1.165) is 12.5 Å². The molecule has 0 aromatic carbocycles. The zero-order chi connectivity index (χ0) is 15.3. The first-order valence-electron chi connectivity index (χ1n) is 9.30. The van der Waals surface area contributed by atoms with Crippen LogP contribution in [0.3, 0.4) is 0 Å². The molecule has 0 spiro atoms. The molecular formula is C18H37N3. The van der Waals surface area contributed by atoms with Crippen LogP contribution in [0.5, 0.6) is 0 Å². The van der Waals surface area contributed by atoms with Crippen LogP contribution in [0.1, 0.15) is 65.2 Å². The minimum atomic E-state index is 0.287. The van der Waals surface area contributed by atoms with Crippen molar-refractivity contribution in [3.8, 4) is 0 Å². The smallest absolute Gasteiger partial charge is 0.0335 e. The number of nitrogens with zero attached hydrogens (tertiary/aromatic N) is 2. The molecule has 3 unspecified atom stereocenters. The Morgan fingerprint density at radius 2 is 1.86 bits per heavy atom. The zero-order valence-electron chi connectivity index (χ0n) is 14.6. The highest BCUT2D eigenvalue weighted by molar-refractivity contribution is 4.98. The molecule has 1 aliphatic heterocycles. The van der Waals surface area contributed by atoms with Crippen molar-refractivity contribution in [2.45, 2.75) is 76.8 Å². The van der Waals surface area contributed by atoms with Gasteiger partial charge >= 0.3 is 0 Å². The summed E-state index contributed by atoms with van der Waals surface area (Å²) < 4.78 is 0. The lowest BCUT2D eigenvalue weighted by molar-refractivity contribution is 0.0338. The molecular weight excluding hydrogens is 258 g/mol. The van der Waals surface area contributed by atoms with Crippen LogP contribution in [0.4, 0.5) is 0 Å². The summed E-state index contributed by atoms with van der Waals surface area (Å²) in [4.78, 5) is 5.36. The maximum atomic E-state index is 6.37. The van der Waals surface area contributed by atoms with Crippen LogP contribution in [-0.4, -0.2) is 54.6 Å². The van der Waals surface area contributed by atoms with Gasteiger partial charge in [-0.05, 0) is 51.6 Å². The SMILES string of the molecule is CCC1CCCC(CN)(N2CCCN(C)CC2CC)CC1. The lowest BCUT2D eigenvalue weighted by atomic mass is 9.85. The van der Waals surface area contributed by atoms with Crippen LogP contribution in [0.25, 0.3) is 0 Å². The summed E-state index contributed by atoms with van der Waals surface area (Å²) >= 11 is 0. The van der Waals surface area contributed by atoms with Gasteiger partial charge in [0, 0.05) is 31.2 Å². The van der Waals surface area contributed by atoms with Gasteiger partial charge in [-0.1, -0.05) is 33.1 Å². The Balaban J connectivity index is 2.16. The average Bonchev–Trinajstić information content (AvgIpc) is 2.83. The van der Waals surface area contributed by atoms with E-state index in [9.17, 15) is 0 Å². The molecule has 3 atom stereocenters. The molecule has 1 saturated carbocycles. The molecule has 0 radical (unpaired) electrons. The first kappa shape index (κ1) is 17.2. The van der Waals surface area contributed by atoms with Crippen LogP contribution >= 0.6 is 0 Å². The van der Waals surface area contributed by atoms with Gasteiger partial charge in [0.25, 0.3) is 0 Å². The number of hydrogen-bond acceptors (Lipinski definition) is 3. The van der Waals surface area contributed by atoms with Gasteiger partial charge in [0.05, 0.1) is 0 Å². The fraction of sp³-hybridized carbons (Fsp3) is 1.00. The summed E-state index contributed by atoms with van der Waals surface area (Å²) in [6.45, 7) is 9.27. The number of nitrogens with two attached hydrogens (primary N) is 1. The van der Waals surface area contributed by atoms with Crippen molar-refractivity contribution in [2.24, 2.45) is 11.7 Å². The molecule has 3 nitrogen and oxygen atoms in total. The molecule has 0 aromatic rings. The number of likely N-dealkylation sites (N-methyl/N-ethyl adjacent to an activating group) is 1. The first-order valence-corrected chi connectivity index (χ1v) is 9.30. The maximum Gasteiger partial charge on any atom is 0.0335 e. The van der Waals surface area contributed by atoms with Crippen molar-refractivity contribution in [3.63, 3.8) is 0 Å². The van der Waals surface area contributed by atoms with E-state index in [0.29, 0.717) is 6.04 Å². The third kappa shape index (κ3) is 4.00. The van der Waals surface area contributed by atoms with Crippen LogP contribution in [0.15, 0.2) is 0 Å². The van der Waals surface area contributed by atoms with Gasteiger partial charge in [0.15, 0.2) is 0 Å². The van der Waals surface area contributed by atoms with E-state index in [1.165, 1.54) is 71.0 Å². The summed E-state index contributed by atoms with van der Waals surface area (Å²) in [5.74, 6) is 0.938. The Labute approximate surface area is 132 Å². The van der Waals surface area contributed by atoms with E-state index in [1.807, 2.05) is 0 Å². The van der Waals surface area contributed by atoms with Gasteiger partial charge < -0.3 is 10.6 Å². The van der Waals surface area contributed by atoms with E-state index >= 15 is 0 Å². The molecule has 21 heavy (non-hydrogen) atoms. The Morgan fingerprint density at radius 1 is 1.05 bits per heavy atom. The molecule has 2 fully saturated rings. The van der Waals surface area contributed by atoms with Gasteiger partial charge in [-0.15, -0.1) is 0 Å². The monoisotopic (exact) mass is 295 g/mol. The molecule has 0 bridgehead atoms. The molecule has 2 aliphatic rings. The van der Waals surface area contributed by atoms with Crippen LogP contribution in [0, 0.1) is 5.92 Å². The van der Waals surface area contributed by atoms with Gasteiger partial charge in [0.2, 0.25) is 0 Å². The summed E-state index contributed by atoms with van der Waals surface area (Å²) in [6, 6.07) is 0.694. The lowest BCUT2D eigenvalue weighted by Crippen LogP contribution is -2.58. The Morgan fingerprint density at radius 3 is 2.52 bits per heavy atom. The molecule has 1 aliphatic carbocycles. The zero-order valence-corrected chi connectivity index (χ0v) is 14.6. The Bertz CT molecular complexity index is 307. The lowest BCUT2D eigenvalue weighted by Gasteiger charge is -2.47. The molecule has 0 amide bonds. The van der Waals surface area contributed by atoms with E-state index < -0.39 is 0 Å². The fourth-order valence-electron chi connectivity index (χ4n) is 4.70. The van der Waals surface area contributed by atoms with Crippen molar-refractivity contribution >= 4 is 0 Å². The van der Waals surface area contributed by atoms with Crippen LogP contribution < -0.4 is 5.73 Å². The largest absolute Gasteiger partial charge is 0.329 e. The van der Waals surface area contributed by atoms with E-state index in [4.69, 9.17) is 5.73 Å². The van der Waals surface area contributed by atoms with Crippen molar-refractivity contribution in [1.29, 1.82) is 0 Å². The third-order valence-electron chi connectivity index (χ3n) is 6.21. The van der Waals surface area contributed by atoms with Gasteiger partial charge in [0.1, 0.15) is 0 Å². The molecule has 2 N–H and O–H groups in total. The highest BCUT2D eigenvalue weighted by Gasteiger charge is 2.40. The highest BCUT2D eigenvalue weighted by atomic mass is 15.3. The van der Waals surface area contributed by atoms with E-state index in [-0.39, 0.29) is 5.54 Å². The predicted molar refractivity (Wildman–Crippen MR) is 91.6 cm³/mol. The van der Waals surface area contributed by atoms with Crippen molar-refractivity contribution < 1.29 is 0 Å². The summed E-state index contributed by atoms with van der Waals surface area (Å²) in [6.07, 6.45) is 10.7. The summed E-state index contributed by atoms with van der Waals surface area (Å²) in [5, 5.41) is 0. The van der Waals surface area contributed by atoms with Crippen LogP contribution in [0.2, 0.25) is 0 Å². The molecule has 124 valence electrons. The van der Waals surface area contributed by atoms with Gasteiger partial charge in [-0.2, -0.15) is 0 Å². The van der Waals surface area contributed by atoms with Gasteiger partial charge in [-0.3, -0.25) is 4.90 Å².